The quantitative estimate of drug-likeness (QED) is 0.124. The third-order valence-corrected chi connectivity index (χ3v) is 10.8. The van der Waals surface area contributed by atoms with Crippen molar-refractivity contribution in [2.75, 3.05) is 19.8 Å². The maximum atomic E-state index is 13.4. The predicted molar refractivity (Wildman–Crippen MR) is 148 cm³/mol. The molecule has 4 aliphatic carbocycles. The number of fused-ring (bicyclic) bond motifs is 5. The Morgan fingerprint density at radius 2 is 1.88 bits per heavy atom. The highest BCUT2D eigenvalue weighted by Gasteiger charge is 2.68. The topological polar surface area (TPSA) is 182 Å². The van der Waals surface area contributed by atoms with Crippen LogP contribution in [0.1, 0.15) is 90.9 Å². The molecule has 4 rings (SSSR count). The van der Waals surface area contributed by atoms with Gasteiger partial charge < -0.3 is 25.1 Å². The zero-order chi connectivity index (χ0) is 30.7. The van der Waals surface area contributed by atoms with Crippen LogP contribution in [0.4, 0.5) is 0 Å². The second-order valence-electron chi connectivity index (χ2n) is 13.0. The van der Waals surface area contributed by atoms with Crippen molar-refractivity contribution >= 4 is 23.4 Å². The SMILES string of the molecule is C[C@]12CCC(=O)C=C1CC[C@@H]1[C@@H]2[C@@H](O)C[C@@]2(C)[C@H]1CC[C@]2(O)C(=O)COC(=O)CCNC(=O)CCCCCO[N+](=O)[O-]. The molecule has 1 amide bonds. The van der Waals surface area contributed by atoms with Gasteiger partial charge in [-0.15, -0.1) is 10.1 Å². The summed E-state index contributed by atoms with van der Waals surface area (Å²) in [6.45, 7) is 3.48. The lowest BCUT2D eigenvalue weighted by molar-refractivity contribution is -0.757. The van der Waals surface area contributed by atoms with Crippen LogP contribution < -0.4 is 5.32 Å². The van der Waals surface area contributed by atoms with Gasteiger partial charge in [0.1, 0.15) is 5.60 Å². The van der Waals surface area contributed by atoms with Gasteiger partial charge >= 0.3 is 5.97 Å². The van der Waals surface area contributed by atoms with Gasteiger partial charge in [0.2, 0.25) is 11.7 Å². The van der Waals surface area contributed by atoms with Gasteiger partial charge in [0.05, 0.1) is 19.1 Å². The summed E-state index contributed by atoms with van der Waals surface area (Å²) in [7, 11) is 0. The number of carbonyl (C=O) groups is 4. The summed E-state index contributed by atoms with van der Waals surface area (Å²) in [5.41, 5.74) is -1.72. The lowest BCUT2D eigenvalue weighted by atomic mass is 9.45. The summed E-state index contributed by atoms with van der Waals surface area (Å²) in [6, 6.07) is 0. The van der Waals surface area contributed by atoms with Crippen LogP contribution in [0.15, 0.2) is 11.6 Å². The normalized spacial score (nSPS) is 35.2. The highest BCUT2D eigenvalue weighted by Crippen LogP contribution is 2.67. The van der Waals surface area contributed by atoms with Crippen LogP contribution in [0.5, 0.6) is 0 Å². The number of aliphatic hydroxyl groups excluding tert-OH is 1. The first kappa shape index (κ1) is 32.1. The Balaban J connectivity index is 1.25. The van der Waals surface area contributed by atoms with E-state index in [4.69, 9.17) is 4.74 Å². The minimum absolute atomic E-state index is 0.0170. The second-order valence-corrected chi connectivity index (χ2v) is 13.0. The molecule has 3 saturated carbocycles. The molecule has 0 aromatic rings. The molecule has 0 radical (unpaired) electrons. The van der Waals surface area contributed by atoms with Crippen LogP contribution in [-0.4, -0.2) is 70.2 Å². The number of nitrogens with zero attached hydrogens (tertiary/aromatic N) is 1. The molecule has 7 atom stereocenters. The molecule has 3 N–H and O–H groups in total. The van der Waals surface area contributed by atoms with E-state index in [0.717, 1.165) is 18.4 Å². The Kier molecular flexibility index (Phi) is 9.76. The number of amides is 1. The molecular formula is C30H44N2O10. The van der Waals surface area contributed by atoms with E-state index < -0.39 is 40.6 Å². The van der Waals surface area contributed by atoms with Gasteiger partial charge in [-0.25, -0.2) is 0 Å². The van der Waals surface area contributed by atoms with E-state index in [2.05, 4.69) is 17.1 Å². The number of ketones is 2. The van der Waals surface area contributed by atoms with Crippen molar-refractivity contribution in [2.24, 2.45) is 28.6 Å². The molecule has 12 heteroatoms. The van der Waals surface area contributed by atoms with E-state index >= 15 is 0 Å². The first-order chi connectivity index (χ1) is 19.8. The third-order valence-electron chi connectivity index (χ3n) is 10.8. The van der Waals surface area contributed by atoms with E-state index in [1.165, 1.54) is 0 Å². The van der Waals surface area contributed by atoms with E-state index in [1.54, 1.807) is 6.08 Å². The lowest BCUT2D eigenvalue weighted by Crippen LogP contribution is -2.62. The monoisotopic (exact) mass is 592 g/mol. The predicted octanol–water partition coefficient (Wildman–Crippen LogP) is 2.61. The molecular weight excluding hydrogens is 548 g/mol. The number of allylic oxidation sites excluding steroid dienone is 1. The van der Waals surface area contributed by atoms with Crippen LogP contribution in [0.25, 0.3) is 0 Å². The Bertz CT molecular complexity index is 1120. The van der Waals surface area contributed by atoms with Gasteiger partial charge in [0.15, 0.2) is 12.4 Å². The Morgan fingerprint density at radius 1 is 1.12 bits per heavy atom. The summed E-state index contributed by atoms with van der Waals surface area (Å²) in [5, 5.41) is 35.1. The van der Waals surface area contributed by atoms with Gasteiger partial charge in [-0.05, 0) is 80.6 Å². The molecule has 12 nitrogen and oxygen atoms in total. The van der Waals surface area contributed by atoms with Crippen molar-refractivity contribution in [2.45, 2.75) is 103 Å². The number of Topliss-reactive ketones (excluding diaryl/α,β-unsaturated/α-hetero) is 1. The van der Waals surface area contributed by atoms with Crippen LogP contribution in [-0.2, 0) is 28.8 Å². The summed E-state index contributed by atoms with van der Waals surface area (Å²) in [6.07, 6.45) is 6.61. The molecule has 0 saturated heterocycles. The number of unbranched alkanes of at least 4 members (excludes halogenated alkanes) is 2. The molecule has 234 valence electrons. The smallest absolute Gasteiger partial charge is 0.308 e. The van der Waals surface area contributed by atoms with Crippen molar-refractivity contribution < 1.29 is 44.1 Å². The highest BCUT2D eigenvalue weighted by atomic mass is 16.9. The largest absolute Gasteiger partial charge is 0.457 e. The van der Waals surface area contributed by atoms with Crippen molar-refractivity contribution in [1.29, 1.82) is 0 Å². The number of nitrogens with one attached hydrogen (secondary N) is 1. The van der Waals surface area contributed by atoms with E-state index in [1.807, 2.05) is 6.92 Å². The number of ether oxygens (including phenoxy) is 1. The maximum absolute atomic E-state index is 13.4. The summed E-state index contributed by atoms with van der Waals surface area (Å²) < 4.78 is 5.19. The number of esters is 1. The Hall–Kier alpha value is -2.86. The Labute approximate surface area is 245 Å². The number of rotatable bonds is 13. The number of hydrogen-bond donors (Lipinski definition) is 3. The molecule has 42 heavy (non-hydrogen) atoms. The molecule has 0 spiro atoms. The van der Waals surface area contributed by atoms with Gasteiger partial charge in [0.25, 0.3) is 5.09 Å². The van der Waals surface area contributed by atoms with Gasteiger partial charge in [-0.3, -0.25) is 19.2 Å². The zero-order valence-electron chi connectivity index (χ0n) is 24.6. The van der Waals surface area contributed by atoms with Gasteiger partial charge in [-0.2, -0.15) is 0 Å². The zero-order valence-corrected chi connectivity index (χ0v) is 24.6. The summed E-state index contributed by atoms with van der Waals surface area (Å²) in [5.74, 6) is -1.23. The highest BCUT2D eigenvalue weighted by molar-refractivity contribution is 5.92. The van der Waals surface area contributed by atoms with Crippen LogP contribution in [0.2, 0.25) is 0 Å². The van der Waals surface area contributed by atoms with E-state index in [-0.39, 0.29) is 73.7 Å². The van der Waals surface area contributed by atoms with E-state index in [9.17, 15) is 39.5 Å². The molecule has 3 fully saturated rings. The minimum atomic E-state index is -1.72. The molecule has 0 bridgehead atoms. The second kappa shape index (κ2) is 12.8. The summed E-state index contributed by atoms with van der Waals surface area (Å²) in [4.78, 5) is 64.0. The van der Waals surface area contributed by atoms with Crippen molar-refractivity contribution in [1.82, 2.24) is 5.32 Å². The van der Waals surface area contributed by atoms with Gasteiger partial charge in [-0.1, -0.05) is 25.8 Å². The molecule has 0 unspecified atom stereocenters. The lowest BCUT2D eigenvalue weighted by Gasteiger charge is -2.60. The molecule has 0 aliphatic heterocycles. The van der Waals surface area contributed by atoms with Crippen LogP contribution >= 0.6 is 0 Å². The standard InChI is InChI=1S/C30H44N2O10/c1-28-12-9-20(33)16-19(28)7-8-21-22-10-13-30(38,29(22,2)17-23(34)27(21)28)24(35)18-41-26(37)11-14-31-25(36)6-4-3-5-15-42-32(39)40/h16,21-23,27,34,38H,3-15,17-18H2,1-2H3,(H,31,36)/t21-,22-,23-,27+,28-,29-,30-/m0/s1. The fourth-order valence-electron chi connectivity index (χ4n) is 8.58. The van der Waals surface area contributed by atoms with Crippen LogP contribution in [0, 0.1) is 38.7 Å². The van der Waals surface area contributed by atoms with Crippen LogP contribution in [0.3, 0.4) is 0 Å². The number of hydrogen-bond acceptors (Lipinski definition) is 10. The fraction of sp³-hybridized carbons (Fsp3) is 0.800. The molecule has 0 aromatic heterocycles. The maximum Gasteiger partial charge on any atom is 0.308 e. The first-order valence-electron chi connectivity index (χ1n) is 15.2. The molecule has 0 heterocycles. The van der Waals surface area contributed by atoms with Gasteiger partial charge in [0, 0.05) is 24.8 Å². The minimum Gasteiger partial charge on any atom is -0.457 e. The van der Waals surface area contributed by atoms with Crippen molar-refractivity contribution in [3.63, 3.8) is 0 Å². The number of carbonyl (C=O) groups excluding carboxylic acids is 4. The average Bonchev–Trinajstić information content (AvgIpc) is 3.20. The first-order valence-corrected chi connectivity index (χ1v) is 15.2. The molecule has 0 aromatic carbocycles. The average molecular weight is 593 g/mol. The Morgan fingerprint density at radius 3 is 2.62 bits per heavy atom. The van der Waals surface area contributed by atoms with Crippen molar-refractivity contribution in [3.8, 4) is 0 Å². The summed E-state index contributed by atoms with van der Waals surface area (Å²) >= 11 is 0. The molecule has 4 aliphatic rings. The van der Waals surface area contributed by atoms with Crippen molar-refractivity contribution in [3.05, 3.63) is 21.8 Å². The fourth-order valence-corrected chi connectivity index (χ4v) is 8.58. The number of aliphatic hydroxyl groups is 2. The third kappa shape index (κ3) is 6.24. The van der Waals surface area contributed by atoms with E-state index in [0.29, 0.717) is 38.5 Å².